The zero-order chi connectivity index (χ0) is 13.2. The molecule has 1 fully saturated rings. The first-order chi connectivity index (χ1) is 9.28. The summed E-state index contributed by atoms with van der Waals surface area (Å²) in [5.74, 6) is 2.21. The van der Waals surface area contributed by atoms with Gasteiger partial charge in [-0.1, -0.05) is 11.6 Å². The Balaban J connectivity index is 2.03. The second kappa shape index (κ2) is 4.97. The molecule has 0 spiro atoms. The lowest BCUT2D eigenvalue weighted by molar-refractivity contribution is 0.415. The van der Waals surface area contributed by atoms with Crippen LogP contribution < -0.4 is 10.1 Å². The number of ether oxygens (including phenoxy) is 1. The maximum absolute atomic E-state index is 5.42. The minimum atomic E-state index is 0.441. The van der Waals surface area contributed by atoms with Gasteiger partial charge in [-0.05, 0) is 25.1 Å². The molecule has 1 N–H and O–H groups in total. The quantitative estimate of drug-likeness (QED) is 0.913. The van der Waals surface area contributed by atoms with Crippen LogP contribution in [0.2, 0.25) is 0 Å². The first-order valence-corrected chi connectivity index (χ1v) is 6.46. The molecule has 1 aliphatic heterocycles. The molecule has 4 heteroatoms. The van der Waals surface area contributed by atoms with Crippen LogP contribution in [-0.2, 0) is 0 Å². The van der Waals surface area contributed by atoms with E-state index in [0.29, 0.717) is 5.92 Å². The van der Waals surface area contributed by atoms with Crippen LogP contribution >= 0.6 is 0 Å². The normalized spacial score (nSPS) is 15.1. The number of hydrogen-bond donors (Lipinski definition) is 1. The predicted octanol–water partition coefficient (Wildman–Crippen LogP) is 2.15. The minimum absolute atomic E-state index is 0.441. The highest BCUT2D eigenvalue weighted by atomic mass is 16.5. The molecule has 98 valence electrons. The Bertz CT molecular complexity index is 594. The number of aryl methyl sites for hydroxylation is 1. The van der Waals surface area contributed by atoms with E-state index in [4.69, 9.17) is 4.74 Å². The monoisotopic (exact) mass is 255 g/mol. The van der Waals surface area contributed by atoms with Crippen LogP contribution in [0.3, 0.4) is 0 Å². The van der Waals surface area contributed by atoms with Gasteiger partial charge in [0.05, 0.1) is 12.8 Å². The molecule has 0 radical (unpaired) electrons. The summed E-state index contributed by atoms with van der Waals surface area (Å²) in [4.78, 5) is 9.06. The smallest absolute Gasteiger partial charge is 0.134 e. The summed E-state index contributed by atoms with van der Waals surface area (Å²) in [6.45, 7) is 4.00. The molecular weight excluding hydrogens is 238 g/mol. The molecule has 1 aliphatic rings. The third kappa shape index (κ3) is 2.31. The van der Waals surface area contributed by atoms with Crippen molar-refractivity contribution in [2.75, 3.05) is 20.2 Å². The van der Waals surface area contributed by atoms with Gasteiger partial charge in [0.1, 0.15) is 11.6 Å². The first kappa shape index (κ1) is 12.1. The second-order valence-corrected chi connectivity index (χ2v) is 4.86. The first-order valence-electron chi connectivity index (χ1n) is 6.46. The number of nitrogens with one attached hydrogen (secondary N) is 1. The molecule has 1 aromatic carbocycles. The van der Waals surface area contributed by atoms with Crippen LogP contribution in [-0.4, -0.2) is 30.2 Å². The predicted molar refractivity (Wildman–Crippen MR) is 74.4 cm³/mol. The molecule has 2 aromatic rings. The van der Waals surface area contributed by atoms with Crippen LogP contribution in [0.4, 0.5) is 0 Å². The molecule has 0 atom stereocenters. The van der Waals surface area contributed by atoms with E-state index in [-0.39, 0.29) is 0 Å². The summed E-state index contributed by atoms with van der Waals surface area (Å²) in [7, 11) is 1.69. The van der Waals surface area contributed by atoms with Crippen LogP contribution in [0, 0.1) is 6.92 Å². The van der Waals surface area contributed by atoms with Crippen molar-refractivity contribution in [3.05, 3.63) is 41.9 Å². The number of benzene rings is 1. The van der Waals surface area contributed by atoms with E-state index in [1.807, 2.05) is 24.4 Å². The summed E-state index contributed by atoms with van der Waals surface area (Å²) in [6.07, 6.45) is 1.83. The van der Waals surface area contributed by atoms with Crippen molar-refractivity contribution < 1.29 is 4.74 Å². The number of rotatable bonds is 3. The van der Waals surface area contributed by atoms with Gasteiger partial charge < -0.3 is 10.1 Å². The van der Waals surface area contributed by atoms with Crippen molar-refractivity contribution in [3.8, 4) is 17.0 Å². The van der Waals surface area contributed by atoms with Crippen molar-refractivity contribution in [2.24, 2.45) is 0 Å². The average Bonchev–Trinajstić information content (AvgIpc) is 2.37. The van der Waals surface area contributed by atoms with E-state index in [9.17, 15) is 0 Å². The second-order valence-electron chi connectivity index (χ2n) is 4.86. The summed E-state index contributed by atoms with van der Waals surface area (Å²) in [6, 6.07) is 8.06. The fourth-order valence-electron chi connectivity index (χ4n) is 2.21. The standard InChI is InChI=1S/C15H17N3O/c1-10-3-4-14(19-2)12(7-10)13-5-6-17-15(18-13)11-8-16-9-11/h3-7,11,16H,8-9H2,1-2H3. The number of aromatic nitrogens is 2. The largest absolute Gasteiger partial charge is 0.496 e. The zero-order valence-electron chi connectivity index (χ0n) is 11.2. The van der Waals surface area contributed by atoms with Crippen LogP contribution in [0.5, 0.6) is 5.75 Å². The number of hydrogen-bond acceptors (Lipinski definition) is 4. The highest BCUT2D eigenvalue weighted by molar-refractivity contribution is 5.67. The summed E-state index contributed by atoms with van der Waals surface area (Å²) in [5.41, 5.74) is 3.15. The van der Waals surface area contributed by atoms with E-state index in [1.54, 1.807) is 7.11 Å². The van der Waals surface area contributed by atoms with Crippen molar-refractivity contribution in [3.63, 3.8) is 0 Å². The van der Waals surface area contributed by atoms with Gasteiger partial charge in [0.15, 0.2) is 0 Å². The lowest BCUT2D eigenvalue weighted by Gasteiger charge is -2.25. The lowest BCUT2D eigenvalue weighted by atomic mass is 10.0. The summed E-state index contributed by atoms with van der Waals surface area (Å²) in [5, 5.41) is 3.25. The van der Waals surface area contributed by atoms with E-state index in [1.165, 1.54) is 5.56 Å². The van der Waals surface area contributed by atoms with Gasteiger partial charge >= 0.3 is 0 Å². The Morgan fingerprint density at radius 3 is 2.79 bits per heavy atom. The van der Waals surface area contributed by atoms with Gasteiger partial charge in [0.25, 0.3) is 0 Å². The van der Waals surface area contributed by atoms with Crippen LogP contribution in [0.1, 0.15) is 17.3 Å². The van der Waals surface area contributed by atoms with E-state index in [0.717, 1.165) is 35.9 Å². The minimum Gasteiger partial charge on any atom is -0.496 e. The van der Waals surface area contributed by atoms with Crippen LogP contribution in [0.25, 0.3) is 11.3 Å². The Morgan fingerprint density at radius 1 is 1.26 bits per heavy atom. The summed E-state index contributed by atoms with van der Waals surface area (Å²) < 4.78 is 5.42. The van der Waals surface area contributed by atoms with Gasteiger partial charge in [-0.3, -0.25) is 0 Å². The maximum atomic E-state index is 5.42. The molecule has 4 nitrogen and oxygen atoms in total. The molecule has 2 heterocycles. The van der Waals surface area contributed by atoms with Gasteiger partial charge in [-0.2, -0.15) is 0 Å². The Morgan fingerprint density at radius 2 is 2.11 bits per heavy atom. The van der Waals surface area contributed by atoms with Gasteiger partial charge in [0, 0.05) is 30.8 Å². The van der Waals surface area contributed by atoms with Crippen LogP contribution in [0.15, 0.2) is 30.5 Å². The topological polar surface area (TPSA) is 47.0 Å². The molecule has 0 aliphatic carbocycles. The van der Waals surface area contributed by atoms with Crippen molar-refractivity contribution >= 4 is 0 Å². The lowest BCUT2D eigenvalue weighted by Crippen LogP contribution is -2.40. The van der Waals surface area contributed by atoms with Crippen molar-refractivity contribution in [2.45, 2.75) is 12.8 Å². The fraction of sp³-hybridized carbons (Fsp3) is 0.333. The van der Waals surface area contributed by atoms with E-state index >= 15 is 0 Å². The highest BCUT2D eigenvalue weighted by Crippen LogP contribution is 2.30. The number of nitrogens with zero attached hydrogens (tertiary/aromatic N) is 2. The van der Waals surface area contributed by atoms with E-state index < -0.39 is 0 Å². The fourth-order valence-corrected chi connectivity index (χ4v) is 2.21. The van der Waals surface area contributed by atoms with Gasteiger partial charge in [-0.15, -0.1) is 0 Å². The Hall–Kier alpha value is -1.94. The molecule has 19 heavy (non-hydrogen) atoms. The summed E-state index contributed by atoms with van der Waals surface area (Å²) >= 11 is 0. The van der Waals surface area contributed by atoms with E-state index in [2.05, 4.69) is 28.3 Å². The number of methoxy groups -OCH3 is 1. The molecule has 0 bridgehead atoms. The maximum Gasteiger partial charge on any atom is 0.134 e. The van der Waals surface area contributed by atoms with Gasteiger partial charge in [0.2, 0.25) is 0 Å². The molecule has 0 amide bonds. The molecule has 0 unspecified atom stereocenters. The Labute approximate surface area is 112 Å². The molecular formula is C15H17N3O. The SMILES string of the molecule is COc1ccc(C)cc1-c1ccnc(C2CNC2)n1. The van der Waals surface area contributed by atoms with Crippen molar-refractivity contribution in [1.29, 1.82) is 0 Å². The van der Waals surface area contributed by atoms with Gasteiger partial charge in [-0.25, -0.2) is 9.97 Å². The Kier molecular flexibility index (Phi) is 3.17. The molecule has 1 saturated heterocycles. The zero-order valence-corrected chi connectivity index (χ0v) is 11.2. The highest BCUT2D eigenvalue weighted by Gasteiger charge is 2.22. The van der Waals surface area contributed by atoms with Crippen molar-refractivity contribution in [1.82, 2.24) is 15.3 Å². The molecule has 3 rings (SSSR count). The molecule has 1 aromatic heterocycles. The third-order valence-corrected chi connectivity index (χ3v) is 3.45. The third-order valence-electron chi connectivity index (χ3n) is 3.45. The molecule has 0 saturated carbocycles. The average molecular weight is 255 g/mol.